The zero-order chi connectivity index (χ0) is 22.2. The second-order valence-electron chi connectivity index (χ2n) is 8.54. The van der Waals surface area contributed by atoms with Crippen LogP contribution in [0.1, 0.15) is 46.6 Å². The Morgan fingerprint density at radius 3 is 2.58 bits per heavy atom. The Morgan fingerprint density at radius 1 is 1.16 bits per heavy atom. The molecule has 4 rings (SSSR count). The summed E-state index contributed by atoms with van der Waals surface area (Å²) in [7, 11) is -3.04. The van der Waals surface area contributed by atoms with Gasteiger partial charge in [-0.1, -0.05) is 12.1 Å². The number of nitrogens with zero attached hydrogens (tertiary/aromatic N) is 3. The third kappa shape index (κ3) is 5.04. The largest absolute Gasteiger partial charge is 0.310 e. The van der Waals surface area contributed by atoms with Crippen LogP contribution in [0.4, 0.5) is 5.82 Å². The normalized spacial score (nSPS) is 20.8. The lowest BCUT2D eigenvalue weighted by Gasteiger charge is -2.20. The molecule has 0 saturated carbocycles. The summed E-state index contributed by atoms with van der Waals surface area (Å²) in [5, 5.41) is 7.35. The number of hydrogen-bond donors (Lipinski definition) is 1. The summed E-state index contributed by atoms with van der Waals surface area (Å²) in [5.41, 5.74) is 3.87. The van der Waals surface area contributed by atoms with Gasteiger partial charge >= 0.3 is 0 Å². The maximum absolute atomic E-state index is 12.8. The van der Waals surface area contributed by atoms with Gasteiger partial charge in [0.05, 0.1) is 29.8 Å². The third-order valence-corrected chi connectivity index (χ3v) is 7.80. The number of anilines is 1. The monoisotopic (exact) mass is 444 g/mol. The van der Waals surface area contributed by atoms with Gasteiger partial charge in [-0.15, -0.1) is 0 Å². The Morgan fingerprint density at radius 2 is 1.90 bits per heavy atom. The summed E-state index contributed by atoms with van der Waals surface area (Å²) in [6.07, 6.45) is 2.14. The molecule has 0 radical (unpaired) electrons. The van der Waals surface area contributed by atoms with Gasteiger partial charge in [-0.25, -0.2) is 13.1 Å². The van der Waals surface area contributed by atoms with E-state index in [9.17, 15) is 18.0 Å². The van der Waals surface area contributed by atoms with Gasteiger partial charge in [0.2, 0.25) is 5.91 Å². The minimum absolute atomic E-state index is 0.0592. The van der Waals surface area contributed by atoms with E-state index in [1.54, 1.807) is 17.7 Å². The minimum Gasteiger partial charge on any atom is -0.310 e. The maximum Gasteiger partial charge on any atom is 0.239 e. The van der Waals surface area contributed by atoms with Gasteiger partial charge in [-0.2, -0.15) is 5.10 Å². The number of carbonyl (C=O) groups is 2. The zero-order valence-corrected chi connectivity index (χ0v) is 18.7. The topological polar surface area (TPSA) is 101 Å². The van der Waals surface area contributed by atoms with E-state index in [1.165, 1.54) is 11.1 Å². The van der Waals surface area contributed by atoms with Crippen molar-refractivity contribution in [1.29, 1.82) is 0 Å². The number of nitrogens with one attached hydrogen (secondary N) is 1. The highest BCUT2D eigenvalue weighted by Crippen LogP contribution is 2.27. The number of aromatic nitrogens is 2. The first-order valence-corrected chi connectivity index (χ1v) is 12.4. The number of fused-ring (bicyclic) bond motifs is 1. The van der Waals surface area contributed by atoms with Crippen molar-refractivity contribution in [3.63, 3.8) is 0 Å². The molecule has 1 aromatic carbocycles. The van der Waals surface area contributed by atoms with Crippen molar-refractivity contribution in [1.82, 2.24) is 14.7 Å². The number of ketones is 1. The summed E-state index contributed by atoms with van der Waals surface area (Å²) < 4.78 is 25.3. The SMILES string of the molecule is CC(=O)c1ccc2c(c1)CCN(CC(=O)Nc1cc(C)nn1C1CCS(=O)(=O)C1)CC2. The molecule has 2 aliphatic heterocycles. The van der Waals surface area contributed by atoms with E-state index >= 15 is 0 Å². The van der Waals surface area contributed by atoms with Crippen molar-refractivity contribution in [3.05, 3.63) is 46.6 Å². The number of rotatable bonds is 5. The molecule has 1 aromatic heterocycles. The molecule has 9 heteroatoms. The fraction of sp³-hybridized carbons (Fsp3) is 0.500. The van der Waals surface area contributed by atoms with Crippen LogP contribution in [0.15, 0.2) is 24.3 Å². The zero-order valence-electron chi connectivity index (χ0n) is 17.9. The van der Waals surface area contributed by atoms with Crippen molar-refractivity contribution in [2.45, 2.75) is 39.2 Å². The first-order chi connectivity index (χ1) is 14.7. The Hall–Kier alpha value is -2.52. The van der Waals surface area contributed by atoms with Crippen LogP contribution in [0.3, 0.4) is 0 Å². The smallest absolute Gasteiger partial charge is 0.239 e. The van der Waals surface area contributed by atoms with Crippen LogP contribution in [0.25, 0.3) is 0 Å². The van der Waals surface area contributed by atoms with Crippen LogP contribution in [0.5, 0.6) is 0 Å². The molecule has 31 heavy (non-hydrogen) atoms. The van der Waals surface area contributed by atoms with E-state index in [0.717, 1.165) is 37.2 Å². The van der Waals surface area contributed by atoms with E-state index < -0.39 is 9.84 Å². The number of hydrogen-bond acceptors (Lipinski definition) is 6. The average molecular weight is 445 g/mol. The lowest BCUT2D eigenvalue weighted by Crippen LogP contribution is -2.35. The molecule has 8 nitrogen and oxygen atoms in total. The molecule has 1 fully saturated rings. The molecule has 3 heterocycles. The molecule has 0 bridgehead atoms. The summed E-state index contributed by atoms with van der Waals surface area (Å²) >= 11 is 0. The van der Waals surface area contributed by atoms with Gasteiger partial charge in [0.15, 0.2) is 15.6 Å². The van der Waals surface area contributed by atoms with Crippen molar-refractivity contribution >= 4 is 27.3 Å². The summed E-state index contributed by atoms with van der Waals surface area (Å²) in [5.74, 6) is 0.684. The number of aryl methyl sites for hydroxylation is 1. The average Bonchev–Trinajstić information content (AvgIpc) is 3.17. The number of benzene rings is 1. The Labute approximate surface area is 182 Å². The Kier molecular flexibility index (Phi) is 5.98. The predicted molar refractivity (Wildman–Crippen MR) is 118 cm³/mol. The van der Waals surface area contributed by atoms with E-state index in [2.05, 4.69) is 15.3 Å². The number of sulfone groups is 1. The summed E-state index contributed by atoms with van der Waals surface area (Å²) in [6, 6.07) is 7.41. The number of amides is 1. The van der Waals surface area contributed by atoms with Crippen molar-refractivity contribution in [2.75, 3.05) is 36.5 Å². The standard InChI is InChI=1S/C22H28N4O4S/c1-15-11-21(26(24-15)20-7-10-31(29,30)14-20)23-22(28)13-25-8-5-17-3-4-18(16(2)27)12-19(17)6-9-25/h3-4,11-12,20H,5-10,13-14H2,1-2H3,(H,23,28). The van der Waals surface area contributed by atoms with Crippen molar-refractivity contribution < 1.29 is 18.0 Å². The van der Waals surface area contributed by atoms with Gasteiger partial charge in [-0.05, 0) is 50.3 Å². The fourth-order valence-corrected chi connectivity index (χ4v) is 6.08. The molecule has 2 aromatic rings. The highest BCUT2D eigenvalue weighted by molar-refractivity contribution is 7.91. The molecule has 2 aliphatic rings. The van der Waals surface area contributed by atoms with Crippen LogP contribution >= 0.6 is 0 Å². The molecule has 1 unspecified atom stereocenters. The van der Waals surface area contributed by atoms with Crippen LogP contribution < -0.4 is 5.32 Å². The van der Waals surface area contributed by atoms with E-state index in [-0.39, 0.29) is 35.8 Å². The number of carbonyl (C=O) groups excluding carboxylic acids is 2. The molecule has 1 N–H and O–H groups in total. The highest BCUT2D eigenvalue weighted by Gasteiger charge is 2.31. The van der Waals surface area contributed by atoms with Crippen molar-refractivity contribution in [3.8, 4) is 0 Å². The van der Waals surface area contributed by atoms with E-state index in [0.29, 0.717) is 12.2 Å². The van der Waals surface area contributed by atoms with Crippen LogP contribution in [0, 0.1) is 6.92 Å². The molecule has 1 amide bonds. The van der Waals surface area contributed by atoms with Gasteiger partial charge < -0.3 is 5.32 Å². The van der Waals surface area contributed by atoms with Crippen LogP contribution in [-0.4, -0.2) is 65.9 Å². The molecule has 166 valence electrons. The maximum atomic E-state index is 12.8. The summed E-state index contributed by atoms with van der Waals surface area (Å²) in [6.45, 7) is 5.15. The van der Waals surface area contributed by atoms with Crippen LogP contribution in [0.2, 0.25) is 0 Å². The first-order valence-electron chi connectivity index (χ1n) is 10.6. The van der Waals surface area contributed by atoms with Gasteiger partial charge in [-0.3, -0.25) is 14.5 Å². The van der Waals surface area contributed by atoms with Gasteiger partial charge in [0.25, 0.3) is 0 Å². The van der Waals surface area contributed by atoms with E-state index in [1.807, 2.05) is 25.1 Å². The van der Waals surface area contributed by atoms with Gasteiger partial charge in [0, 0.05) is 24.7 Å². The molecular formula is C22H28N4O4S. The highest BCUT2D eigenvalue weighted by atomic mass is 32.2. The third-order valence-electron chi connectivity index (χ3n) is 6.05. The minimum atomic E-state index is -3.04. The first kappa shape index (κ1) is 21.7. The molecule has 1 saturated heterocycles. The molecule has 0 spiro atoms. The van der Waals surface area contributed by atoms with E-state index in [4.69, 9.17) is 0 Å². The second kappa shape index (κ2) is 8.55. The van der Waals surface area contributed by atoms with Gasteiger partial charge in [0.1, 0.15) is 5.82 Å². The van der Waals surface area contributed by atoms with Crippen molar-refractivity contribution in [2.24, 2.45) is 0 Å². The lowest BCUT2D eigenvalue weighted by molar-refractivity contribution is -0.117. The number of Topliss-reactive ketones (excluding diaryl/α,β-unsaturated/α-hetero) is 1. The predicted octanol–water partition coefficient (Wildman–Crippen LogP) is 1.79. The summed E-state index contributed by atoms with van der Waals surface area (Å²) in [4.78, 5) is 26.5. The molecule has 0 aliphatic carbocycles. The van der Waals surface area contributed by atoms with Crippen LogP contribution in [-0.2, 0) is 27.5 Å². The Bertz CT molecular complexity index is 1120. The second-order valence-corrected chi connectivity index (χ2v) is 10.8. The Balaban J connectivity index is 1.39. The molecule has 1 atom stereocenters. The fourth-order valence-electron chi connectivity index (χ4n) is 4.39. The molecular weight excluding hydrogens is 416 g/mol. The lowest BCUT2D eigenvalue weighted by atomic mass is 9.99. The quantitative estimate of drug-likeness (QED) is 0.706.